The van der Waals surface area contributed by atoms with Gasteiger partial charge >= 0.3 is 0 Å². The van der Waals surface area contributed by atoms with Crippen molar-refractivity contribution in [1.82, 2.24) is 10.3 Å². The van der Waals surface area contributed by atoms with Gasteiger partial charge in [-0.15, -0.1) is 0 Å². The van der Waals surface area contributed by atoms with Crippen molar-refractivity contribution in [3.05, 3.63) is 23.0 Å². The second kappa shape index (κ2) is 6.84. The molecule has 1 aromatic heterocycles. The SMILES string of the molecule is COc1c(C)cnc(CC(=O)C2CCCCCN2)c1C. The number of nitrogens with zero attached hydrogens (tertiary/aromatic N) is 1. The molecule has 2 heterocycles. The number of carbonyl (C=O) groups is 1. The second-order valence-electron chi connectivity index (χ2n) is 5.55. The lowest BCUT2D eigenvalue weighted by Gasteiger charge is -2.16. The molecular formula is C16H24N2O2. The van der Waals surface area contributed by atoms with Crippen molar-refractivity contribution in [2.75, 3.05) is 13.7 Å². The van der Waals surface area contributed by atoms with Crippen molar-refractivity contribution in [2.45, 2.75) is 52.0 Å². The van der Waals surface area contributed by atoms with Crippen molar-refractivity contribution in [3.63, 3.8) is 0 Å². The Hall–Kier alpha value is -1.42. The predicted molar refractivity (Wildman–Crippen MR) is 79.2 cm³/mol. The Morgan fingerprint density at radius 1 is 1.40 bits per heavy atom. The topological polar surface area (TPSA) is 51.2 Å². The van der Waals surface area contributed by atoms with Crippen LogP contribution in [0.5, 0.6) is 5.75 Å². The molecule has 1 atom stereocenters. The third-order valence-electron chi connectivity index (χ3n) is 4.04. The number of carbonyl (C=O) groups excluding carboxylic acids is 1. The maximum Gasteiger partial charge on any atom is 0.155 e. The van der Waals surface area contributed by atoms with Crippen LogP contribution in [0.2, 0.25) is 0 Å². The molecule has 1 N–H and O–H groups in total. The highest BCUT2D eigenvalue weighted by atomic mass is 16.5. The molecule has 0 aliphatic carbocycles. The number of rotatable bonds is 4. The van der Waals surface area contributed by atoms with Gasteiger partial charge in [-0.3, -0.25) is 9.78 Å². The number of aryl methyl sites for hydroxylation is 1. The van der Waals surface area contributed by atoms with Crippen LogP contribution < -0.4 is 10.1 Å². The van der Waals surface area contributed by atoms with Gasteiger partial charge in [-0.25, -0.2) is 0 Å². The maximum atomic E-state index is 12.4. The van der Waals surface area contributed by atoms with Crippen molar-refractivity contribution in [2.24, 2.45) is 0 Å². The summed E-state index contributed by atoms with van der Waals surface area (Å²) in [7, 11) is 1.66. The zero-order chi connectivity index (χ0) is 14.5. The molecule has 0 aromatic carbocycles. The van der Waals surface area contributed by atoms with Crippen LogP contribution >= 0.6 is 0 Å². The minimum atomic E-state index is -0.00834. The Morgan fingerprint density at radius 3 is 2.95 bits per heavy atom. The lowest BCUT2D eigenvalue weighted by molar-refractivity contribution is -0.120. The Kier molecular flexibility index (Phi) is 5.12. The van der Waals surface area contributed by atoms with Crippen LogP contribution in [0.3, 0.4) is 0 Å². The fourth-order valence-electron chi connectivity index (χ4n) is 2.84. The number of pyridine rings is 1. The van der Waals surface area contributed by atoms with Gasteiger partial charge in [-0.2, -0.15) is 0 Å². The van der Waals surface area contributed by atoms with Gasteiger partial charge in [-0.1, -0.05) is 12.8 Å². The van der Waals surface area contributed by atoms with E-state index < -0.39 is 0 Å². The van der Waals surface area contributed by atoms with E-state index in [2.05, 4.69) is 10.3 Å². The lowest BCUT2D eigenvalue weighted by Crippen LogP contribution is -2.37. The highest BCUT2D eigenvalue weighted by Gasteiger charge is 2.21. The highest BCUT2D eigenvalue weighted by molar-refractivity contribution is 5.86. The van der Waals surface area contributed by atoms with Gasteiger partial charge in [-0.05, 0) is 33.2 Å². The van der Waals surface area contributed by atoms with Crippen LogP contribution in [0.15, 0.2) is 6.20 Å². The van der Waals surface area contributed by atoms with Crippen molar-refractivity contribution < 1.29 is 9.53 Å². The summed E-state index contributed by atoms with van der Waals surface area (Å²) in [5, 5.41) is 3.35. The molecule has 0 bridgehead atoms. The summed E-state index contributed by atoms with van der Waals surface area (Å²) >= 11 is 0. The average molecular weight is 276 g/mol. The molecule has 0 spiro atoms. The number of hydrogen-bond donors (Lipinski definition) is 1. The molecule has 4 heteroatoms. The Balaban J connectivity index is 2.11. The molecule has 2 rings (SSSR count). The number of ether oxygens (including phenoxy) is 1. The van der Waals surface area contributed by atoms with E-state index in [9.17, 15) is 4.79 Å². The first-order chi connectivity index (χ1) is 9.63. The van der Waals surface area contributed by atoms with Gasteiger partial charge in [0.05, 0.1) is 25.3 Å². The van der Waals surface area contributed by atoms with E-state index >= 15 is 0 Å². The standard InChI is InChI=1S/C16H24N2O2/c1-11-10-18-14(12(2)16(11)20-3)9-15(19)13-7-5-4-6-8-17-13/h10,13,17H,4-9H2,1-3H3. The number of ketones is 1. The first kappa shape index (κ1) is 15.0. The van der Waals surface area contributed by atoms with E-state index in [-0.39, 0.29) is 11.8 Å². The largest absolute Gasteiger partial charge is 0.496 e. The summed E-state index contributed by atoms with van der Waals surface area (Å²) in [6.45, 7) is 4.89. The van der Waals surface area contributed by atoms with E-state index in [1.54, 1.807) is 13.3 Å². The summed E-state index contributed by atoms with van der Waals surface area (Å²) in [5.41, 5.74) is 2.83. The second-order valence-corrected chi connectivity index (χ2v) is 5.55. The number of aromatic nitrogens is 1. The number of methoxy groups -OCH3 is 1. The fourth-order valence-corrected chi connectivity index (χ4v) is 2.84. The Labute approximate surface area is 120 Å². The molecule has 110 valence electrons. The van der Waals surface area contributed by atoms with E-state index in [0.29, 0.717) is 6.42 Å². The van der Waals surface area contributed by atoms with Crippen molar-refractivity contribution in [1.29, 1.82) is 0 Å². The fraction of sp³-hybridized carbons (Fsp3) is 0.625. The van der Waals surface area contributed by atoms with Crippen LogP contribution in [0.1, 0.15) is 42.5 Å². The normalized spacial score (nSPS) is 19.4. The van der Waals surface area contributed by atoms with E-state index in [0.717, 1.165) is 42.0 Å². The number of nitrogens with one attached hydrogen (secondary N) is 1. The monoisotopic (exact) mass is 276 g/mol. The molecule has 1 aliphatic rings. The summed E-state index contributed by atoms with van der Waals surface area (Å²) in [6.07, 6.45) is 6.63. The van der Waals surface area contributed by atoms with Crippen molar-refractivity contribution >= 4 is 5.78 Å². The van der Waals surface area contributed by atoms with Crippen molar-refractivity contribution in [3.8, 4) is 5.75 Å². The van der Waals surface area contributed by atoms with Gasteiger partial charge in [0.1, 0.15) is 5.75 Å². The number of hydrogen-bond acceptors (Lipinski definition) is 4. The third kappa shape index (κ3) is 3.37. The molecule has 0 saturated carbocycles. The summed E-state index contributed by atoms with van der Waals surface area (Å²) in [4.78, 5) is 16.8. The van der Waals surface area contributed by atoms with Gasteiger partial charge in [0, 0.05) is 17.3 Å². The molecule has 1 unspecified atom stereocenters. The zero-order valence-electron chi connectivity index (χ0n) is 12.7. The Morgan fingerprint density at radius 2 is 2.20 bits per heavy atom. The van der Waals surface area contributed by atoms with E-state index in [1.807, 2.05) is 13.8 Å². The highest BCUT2D eigenvalue weighted by Crippen LogP contribution is 2.24. The average Bonchev–Trinajstić information content (AvgIpc) is 2.71. The number of Topliss-reactive ketones (excluding diaryl/α,β-unsaturated/α-hetero) is 1. The first-order valence-electron chi connectivity index (χ1n) is 7.38. The zero-order valence-corrected chi connectivity index (χ0v) is 12.7. The molecule has 1 aromatic rings. The van der Waals surface area contributed by atoms with Gasteiger partial charge < -0.3 is 10.1 Å². The molecule has 0 radical (unpaired) electrons. The molecule has 4 nitrogen and oxygen atoms in total. The van der Waals surface area contributed by atoms with Crippen LogP contribution in [-0.4, -0.2) is 30.5 Å². The first-order valence-corrected chi connectivity index (χ1v) is 7.38. The summed E-state index contributed by atoms with van der Waals surface area (Å²) < 4.78 is 5.40. The molecule has 1 aliphatic heterocycles. The quantitative estimate of drug-likeness (QED) is 0.917. The molecular weight excluding hydrogens is 252 g/mol. The van der Waals surface area contributed by atoms with E-state index in [4.69, 9.17) is 4.74 Å². The van der Waals surface area contributed by atoms with Gasteiger partial charge in [0.15, 0.2) is 5.78 Å². The van der Waals surface area contributed by atoms with E-state index in [1.165, 1.54) is 12.8 Å². The molecule has 1 fully saturated rings. The summed E-state index contributed by atoms with van der Waals surface area (Å²) in [6, 6.07) is -0.00834. The van der Waals surface area contributed by atoms with Crippen LogP contribution in [0.25, 0.3) is 0 Å². The van der Waals surface area contributed by atoms with Gasteiger partial charge in [0.2, 0.25) is 0 Å². The Bertz CT molecular complexity index is 478. The third-order valence-corrected chi connectivity index (χ3v) is 4.04. The minimum Gasteiger partial charge on any atom is -0.496 e. The predicted octanol–water partition coefficient (Wildman–Crippen LogP) is 2.35. The van der Waals surface area contributed by atoms with Crippen LogP contribution in [0.4, 0.5) is 0 Å². The van der Waals surface area contributed by atoms with Crippen LogP contribution in [0, 0.1) is 13.8 Å². The van der Waals surface area contributed by atoms with Crippen LogP contribution in [-0.2, 0) is 11.2 Å². The lowest BCUT2D eigenvalue weighted by atomic mass is 10.00. The minimum absolute atomic E-state index is 0.00834. The summed E-state index contributed by atoms with van der Waals surface area (Å²) in [5.74, 6) is 1.09. The smallest absolute Gasteiger partial charge is 0.155 e. The van der Waals surface area contributed by atoms with Gasteiger partial charge in [0.25, 0.3) is 0 Å². The molecule has 0 amide bonds. The molecule has 20 heavy (non-hydrogen) atoms. The molecule has 1 saturated heterocycles. The maximum absolute atomic E-state index is 12.4.